The summed E-state index contributed by atoms with van der Waals surface area (Å²) in [5.74, 6) is 1.03. The molecule has 2 nitrogen and oxygen atoms in total. The average molecular weight is 207 g/mol. The molecule has 12 heavy (non-hydrogen) atoms. The third-order valence-electron chi connectivity index (χ3n) is 1.33. The fourth-order valence-corrected chi connectivity index (χ4v) is 2.98. The fraction of sp³-hybridized carbons (Fsp3) is 0.875. The number of hydrogen-bond acceptors (Lipinski definition) is 4. The Morgan fingerprint density at radius 2 is 2.17 bits per heavy atom. The zero-order valence-corrected chi connectivity index (χ0v) is 9.34. The van der Waals surface area contributed by atoms with Crippen LogP contribution in [0.4, 0.5) is 0 Å². The Kier molecular flexibility index (Phi) is 6.99. The molecule has 0 aliphatic rings. The number of carbonyl (C=O) groups is 1. The maximum atomic E-state index is 9.99. The van der Waals surface area contributed by atoms with E-state index in [4.69, 9.17) is 5.73 Å². The third-order valence-corrected chi connectivity index (χ3v) is 4.72. The van der Waals surface area contributed by atoms with Crippen LogP contribution < -0.4 is 5.73 Å². The van der Waals surface area contributed by atoms with Crippen molar-refractivity contribution < 1.29 is 4.79 Å². The van der Waals surface area contributed by atoms with Gasteiger partial charge in [-0.1, -0.05) is 21.6 Å². The molecular formula is C8H17NOS2. The standard InChI is InChI=1S/C8H17NOS2/c1-8(2,7-9)12-11-6-4-3-5-10/h5H,3-4,6-7,9H2,1-2H3. The molecule has 0 aliphatic carbocycles. The van der Waals surface area contributed by atoms with E-state index >= 15 is 0 Å². The van der Waals surface area contributed by atoms with Crippen LogP contribution in [-0.2, 0) is 4.79 Å². The molecule has 0 saturated heterocycles. The summed E-state index contributed by atoms with van der Waals surface area (Å²) < 4.78 is 0.159. The summed E-state index contributed by atoms with van der Waals surface area (Å²) >= 11 is 0. The molecule has 0 saturated carbocycles. The van der Waals surface area contributed by atoms with Crippen LogP contribution in [0.25, 0.3) is 0 Å². The smallest absolute Gasteiger partial charge is 0.120 e. The van der Waals surface area contributed by atoms with E-state index in [0.29, 0.717) is 13.0 Å². The number of aldehydes is 1. The predicted molar refractivity (Wildman–Crippen MR) is 58.5 cm³/mol. The van der Waals surface area contributed by atoms with Gasteiger partial charge in [0.15, 0.2) is 0 Å². The first kappa shape index (κ1) is 12.3. The number of unbranched alkanes of at least 4 members (excludes halogenated alkanes) is 1. The SMILES string of the molecule is CC(C)(CN)SSCCCC=O. The van der Waals surface area contributed by atoms with Gasteiger partial charge in [0.05, 0.1) is 0 Å². The first-order valence-electron chi connectivity index (χ1n) is 4.07. The van der Waals surface area contributed by atoms with Crippen molar-refractivity contribution in [3.8, 4) is 0 Å². The maximum Gasteiger partial charge on any atom is 0.120 e. The van der Waals surface area contributed by atoms with E-state index in [1.165, 1.54) is 0 Å². The fourth-order valence-electron chi connectivity index (χ4n) is 0.461. The van der Waals surface area contributed by atoms with Crippen molar-refractivity contribution in [1.29, 1.82) is 0 Å². The molecular weight excluding hydrogens is 190 g/mol. The molecule has 72 valence electrons. The van der Waals surface area contributed by atoms with E-state index in [-0.39, 0.29) is 4.75 Å². The first-order valence-corrected chi connectivity index (χ1v) is 6.38. The lowest BCUT2D eigenvalue weighted by Crippen LogP contribution is -2.25. The molecule has 0 heterocycles. The molecule has 0 radical (unpaired) electrons. The molecule has 0 rings (SSSR count). The molecule has 0 spiro atoms. The third kappa shape index (κ3) is 7.00. The monoisotopic (exact) mass is 207 g/mol. The van der Waals surface area contributed by atoms with Crippen LogP contribution in [0.2, 0.25) is 0 Å². The average Bonchev–Trinajstić information content (AvgIpc) is 2.04. The lowest BCUT2D eigenvalue weighted by molar-refractivity contribution is -0.107. The zero-order chi connectivity index (χ0) is 9.45. The second-order valence-corrected chi connectivity index (χ2v) is 6.30. The Morgan fingerprint density at radius 1 is 1.50 bits per heavy atom. The second kappa shape index (κ2) is 6.80. The molecule has 0 bridgehead atoms. The van der Waals surface area contributed by atoms with E-state index in [0.717, 1.165) is 18.5 Å². The van der Waals surface area contributed by atoms with Gasteiger partial charge in [0.2, 0.25) is 0 Å². The van der Waals surface area contributed by atoms with Crippen LogP contribution in [0.1, 0.15) is 26.7 Å². The highest BCUT2D eigenvalue weighted by Crippen LogP contribution is 2.34. The summed E-state index contributed by atoms with van der Waals surface area (Å²) in [4.78, 5) is 9.99. The Labute approximate surface area is 82.4 Å². The van der Waals surface area contributed by atoms with Gasteiger partial charge in [-0.3, -0.25) is 0 Å². The Morgan fingerprint density at radius 3 is 2.67 bits per heavy atom. The summed E-state index contributed by atoms with van der Waals surface area (Å²) in [7, 11) is 3.61. The molecule has 0 unspecified atom stereocenters. The van der Waals surface area contributed by atoms with Crippen LogP contribution in [-0.4, -0.2) is 23.3 Å². The predicted octanol–water partition coefficient (Wildman–Crippen LogP) is 2.08. The minimum Gasteiger partial charge on any atom is -0.329 e. The van der Waals surface area contributed by atoms with E-state index < -0.39 is 0 Å². The van der Waals surface area contributed by atoms with Crippen LogP contribution in [0, 0.1) is 0 Å². The molecule has 2 N–H and O–H groups in total. The normalized spacial score (nSPS) is 11.6. The van der Waals surface area contributed by atoms with Crippen molar-refractivity contribution in [3.05, 3.63) is 0 Å². The summed E-state index contributed by atoms with van der Waals surface area (Å²) in [6.45, 7) is 4.95. The lowest BCUT2D eigenvalue weighted by Gasteiger charge is -2.20. The quantitative estimate of drug-likeness (QED) is 0.394. The summed E-state index contributed by atoms with van der Waals surface area (Å²) in [5, 5.41) is 0. The van der Waals surface area contributed by atoms with Crippen molar-refractivity contribution in [2.75, 3.05) is 12.3 Å². The highest BCUT2D eigenvalue weighted by atomic mass is 33.1. The number of rotatable bonds is 7. The second-order valence-electron chi connectivity index (χ2n) is 3.18. The van der Waals surface area contributed by atoms with Gasteiger partial charge in [-0.15, -0.1) is 0 Å². The molecule has 0 aromatic heterocycles. The Hall–Kier alpha value is 0.330. The van der Waals surface area contributed by atoms with Crippen LogP contribution >= 0.6 is 21.6 Å². The number of hydrogen-bond donors (Lipinski definition) is 1. The van der Waals surface area contributed by atoms with Crippen LogP contribution in [0.5, 0.6) is 0 Å². The van der Waals surface area contributed by atoms with E-state index in [9.17, 15) is 4.79 Å². The van der Waals surface area contributed by atoms with Crippen molar-refractivity contribution in [3.63, 3.8) is 0 Å². The van der Waals surface area contributed by atoms with Gasteiger partial charge in [0, 0.05) is 23.5 Å². The highest BCUT2D eigenvalue weighted by molar-refractivity contribution is 8.77. The number of carbonyl (C=O) groups excluding carboxylic acids is 1. The molecule has 0 aromatic carbocycles. The van der Waals surface area contributed by atoms with Gasteiger partial charge in [-0.2, -0.15) is 0 Å². The Balaban J connectivity index is 3.24. The van der Waals surface area contributed by atoms with Gasteiger partial charge in [0.1, 0.15) is 6.29 Å². The minimum atomic E-state index is 0.159. The number of nitrogens with two attached hydrogens (primary N) is 1. The molecule has 0 atom stereocenters. The summed E-state index contributed by atoms with van der Waals surface area (Å²) in [6.07, 6.45) is 2.62. The van der Waals surface area contributed by atoms with E-state index in [1.54, 1.807) is 21.6 Å². The maximum absolute atomic E-state index is 9.99. The molecule has 0 aliphatic heterocycles. The van der Waals surface area contributed by atoms with Gasteiger partial charge >= 0.3 is 0 Å². The summed E-state index contributed by atoms with van der Waals surface area (Å²) in [6, 6.07) is 0. The first-order chi connectivity index (χ1) is 5.62. The van der Waals surface area contributed by atoms with Crippen LogP contribution in [0.15, 0.2) is 0 Å². The topological polar surface area (TPSA) is 43.1 Å². The minimum absolute atomic E-state index is 0.159. The highest BCUT2D eigenvalue weighted by Gasteiger charge is 2.15. The molecule has 0 amide bonds. The van der Waals surface area contributed by atoms with Gasteiger partial charge < -0.3 is 10.5 Å². The van der Waals surface area contributed by atoms with Crippen molar-refractivity contribution >= 4 is 27.9 Å². The van der Waals surface area contributed by atoms with Crippen molar-refractivity contribution in [2.24, 2.45) is 5.73 Å². The molecule has 0 fully saturated rings. The van der Waals surface area contributed by atoms with Crippen LogP contribution in [0.3, 0.4) is 0 Å². The summed E-state index contributed by atoms with van der Waals surface area (Å²) in [5.41, 5.74) is 5.56. The largest absolute Gasteiger partial charge is 0.329 e. The van der Waals surface area contributed by atoms with Gasteiger partial charge in [0.25, 0.3) is 0 Å². The molecule has 0 aromatic rings. The Bertz CT molecular complexity index is 128. The molecule has 4 heteroatoms. The zero-order valence-electron chi connectivity index (χ0n) is 7.71. The van der Waals surface area contributed by atoms with E-state index in [2.05, 4.69) is 13.8 Å². The van der Waals surface area contributed by atoms with Gasteiger partial charge in [-0.25, -0.2) is 0 Å². The van der Waals surface area contributed by atoms with E-state index in [1.807, 2.05) is 0 Å². The lowest BCUT2D eigenvalue weighted by atomic mass is 10.2. The van der Waals surface area contributed by atoms with Crippen molar-refractivity contribution in [2.45, 2.75) is 31.4 Å². The van der Waals surface area contributed by atoms with Crippen molar-refractivity contribution in [1.82, 2.24) is 0 Å². The van der Waals surface area contributed by atoms with Gasteiger partial charge in [-0.05, 0) is 20.3 Å².